The highest BCUT2D eigenvalue weighted by molar-refractivity contribution is 14.0. The number of nitrogens with zero attached hydrogens (tertiary/aromatic N) is 1. The number of hydrogen-bond donors (Lipinski definition) is 3. The van der Waals surface area contributed by atoms with E-state index in [1.807, 2.05) is 6.92 Å². The van der Waals surface area contributed by atoms with Crippen LogP contribution in [0.15, 0.2) is 22.5 Å². The first kappa shape index (κ1) is 24.6. The second-order valence-corrected chi connectivity index (χ2v) is 8.81. The van der Waals surface area contributed by atoms with E-state index in [1.54, 1.807) is 18.3 Å². The number of halogens is 1. The third-order valence-electron chi connectivity index (χ3n) is 3.38. The summed E-state index contributed by atoms with van der Waals surface area (Å²) in [5, 5.41) is 8.56. The molecule has 6 nitrogen and oxygen atoms in total. The smallest absolute Gasteiger partial charge is 0.211 e. The van der Waals surface area contributed by atoms with Crippen molar-refractivity contribution in [3.8, 4) is 0 Å². The van der Waals surface area contributed by atoms with Crippen LogP contribution in [0.4, 0.5) is 0 Å². The molecular formula is C16H31IN4O2S2. The first-order chi connectivity index (χ1) is 11.5. The zero-order valence-corrected chi connectivity index (χ0v) is 19.2. The zero-order valence-electron chi connectivity index (χ0n) is 15.2. The summed E-state index contributed by atoms with van der Waals surface area (Å²) >= 11 is 1.78. The van der Waals surface area contributed by atoms with E-state index >= 15 is 0 Å². The third-order valence-corrected chi connectivity index (χ3v) is 5.69. The molecule has 0 aliphatic rings. The van der Waals surface area contributed by atoms with Gasteiger partial charge >= 0.3 is 0 Å². The Balaban J connectivity index is 0.00000576. The van der Waals surface area contributed by atoms with Gasteiger partial charge in [-0.05, 0) is 44.1 Å². The lowest BCUT2D eigenvalue weighted by Crippen LogP contribution is -2.39. The minimum Gasteiger partial charge on any atom is -0.357 e. The SMILES string of the molecule is CCNC(=NCC(C)Cc1cccs1)NCCCNS(=O)(=O)CC.I. The Morgan fingerprint density at radius 3 is 2.64 bits per heavy atom. The van der Waals surface area contributed by atoms with E-state index < -0.39 is 10.0 Å². The number of nitrogens with one attached hydrogen (secondary N) is 3. The lowest BCUT2D eigenvalue weighted by atomic mass is 10.1. The fraction of sp³-hybridized carbons (Fsp3) is 0.688. The molecule has 25 heavy (non-hydrogen) atoms. The lowest BCUT2D eigenvalue weighted by Gasteiger charge is -2.13. The van der Waals surface area contributed by atoms with Crippen LogP contribution in [0, 0.1) is 5.92 Å². The third kappa shape index (κ3) is 11.8. The highest BCUT2D eigenvalue weighted by Gasteiger charge is 2.06. The first-order valence-electron chi connectivity index (χ1n) is 8.48. The van der Waals surface area contributed by atoms with Gasteiger partial charge in [0.1, 0.15) is 0 Å². The predicted octanol–water partition coefficient (Wildman–Crippen LogP) is 2.43. The minimum atomic E-state index is -3.10. The Bertz CT molecular complexity index is 577. The van der Waals surface area contributed by atoms with E-state index in [1.165, 1.54) is 4.88 Å². The van der Waals surface area contributed by atoms with E-state index in [0.717, 1.165) is 25.5 Å². The van der Waals surface area contributed by atoms with Crippen molar-refractivity contribution >= 4 is 51.3 Å². The van der Waals surface area contributed by atoms with E-state index in [4.69, 9.17) is 0 Å². The van der Waals surface area contributed by atoms with Crippen molar-refractivity contribution in [3.05, 3.63) is 22.4 Å². The fourth-order valence-electron chi connectivity index (χ4n) is 2.05. The van der Waals surface area contributed by atoms with Crippen LogP contribution >= 0.6 is 35.3 Å². The molecule has 1 aromatic heterocycles. The molecule has 1 rings (SSSR count). The standard InChI is InChI=1S/C16H30N4O2S2.HI/c1-4-17-16(18-9-7-10-20-24(21,22)5-2)19-13-14(3)12-15-8-6-11-23-15;/h6,8,11,14,20H,4-5,7,9-10,12-13H2,1-3H3,(H2,17,18,19);1H. The Kier molecular flexibility index (Phi) is 13.6. The molecule has 1 aromatic rings. The van der Waals surface area contributed by atoms with E-state index in [9.17, 15) is 8.42 Å². The first-order valence-corrected chi connectivity index (χ1v) is 11.0. The summed E-state index contributed by atoms with van der Waals surface area (Å²) in [4.78, 5) is 6.00. The van der Waals surface area contributed by atoms with Gasteiger partial charge in [0.05, 0.1) is 5.75 Å². The van der Waals surface area contributed by atoms with Crippen LogP contribution in [-0.4, -0.2) is 46.3 Å². The van der Waals surface area contributed by atoms with Crippen molar-refractivity contribution in [2.45, 2.75) is 33.6 Å². The van der Waals surface area contributed by atoms with Crippen LogP contribution in [-0.2, 0) is 16.4 Å². The van der Waals surface area contributed by atoms with Crippen molar-refractivity contribution in [1.29, 1.82) is 0 Å². The van der Waals surface area contributed by atoms with Gasteiger partial charge in [-0.3, -0.25) is 4.99 Å². The van der Waals surface area contributed by atoms with Gasteiger partial charge in [-0.1, -0.05) is 13.0 Å². The summed E-state index contributed by atoms with van der Waals surface area (Å²) < 4.78 is 25.2. The average Bonchev–Trinajstić information content (AvgIpc) is 3.05. The maximum absolute atomic E-state index is 11.3. The van der Waals surface area contributed by atoms with Crippen LogP contribution in [0.3, 0.4) is 0 Å². The number of thiophene rings is 1. The van der Waals surface area contributed by atoms with Gasteiger partial charge in [-0.2, -0.15) is 0 Å². The topological polar surface area (TPSA) is 82.6 Å². The molecule has 3 N–H and O–H groups in total. The molecule has 0 radical (unpaired) electrons. The van der Waals surface area contributed by atoms with Crippen LogP contribution in [0.25, 0.3) is 0 Å². The van der Waals surface area contributed by atoms with E-state index in [2.05, 4.69) is 44.8 Å². The average molecular weight is 502 g/mol. The monoisotopic (exact) mass is 502 g/mol. The van der Waals surface area contributed by atoms with Crippen molar-refractivity contribution < 1.29 is 8.42 Å². The molecule has 0 saturated heterocycles. The Morgan fingerprint density at radius 1 is 1.28 bits per heavy atom. The predicted molar refractivity (Wildman–Crippen MR) is 119 cm³/mol. The van der Waals surface area contributed by atoms with Crippen LogP contribution < -0.4 is 15.4 Å². The van der Waals surface area contributed by atoms with Crippen molar-refractivity contribution in [2.24, 2.45) is 10.9 Å². The molecule has 0 bridgehead atoms. The molecule has 1 heterocycles. The van der Waals surface area contributed by atoms with Crippen LogP contribution in [0.5, 0.6) is 0 Å². The summed E-state index contributed by atoms with van der Waals surface area (Å²) in [6.45, 7) is 8.54. The number of aliphatic imine (C=N–C) groups is 1. The van der Waals surface area contributed by atoms with Gasteiger partial charge in [0, 0.05) is 31.1 Å². The molecule has 0 aliphatic carbocycles. The number of guanidine groups is 1. The summed E-state index contributed by atoms with van der Waals surface area (Å²) in [7, 11) is -3.10. The molecule has 0 spiro atoms. The minimum absolute atomic E-state index is 0. The number of hydrogen-bond acceptors (Lipinski definition) is 4. The molecule has 9 heteroatoms. The quantitative estimate of drug-likeness (QED) is 0.188. The van der Waals surface area contributed by atoms with Gasteiger partial charge in [0.2, 0.25) is 10.0 Å². The van der Waals surface area contributed by atoms with Gasteiger partial charge < -0.3 is 10.6 Å². The molecule has 0 amide bonds. The highest BCUT2D eigenvalue weighted by Crippen LogP contribution is 2.14. The van der Waals surface area contributed by atoms with Crippen molar-refractivity contribution in [3.63, 3.8) is 0 Å². The van der Waals surface area contributed by atoms with E-state index in [-0.39, 0.29) is 29.7 Å². The van der Waals surface area contributed by atoms with E-state index in [0.29, 0.717) is 25.4 Å². The van der Waals surface area contributed by atoms with Crippen LogP contribution in [0.1, 0.15) is 32.1 Å². The summed E-state index contributed by atoms with van der Waals surface area (Å²) in [5.41, 5.74) is 0. The molecule has 0 fully saturated rings. The molecule has 0 saturated carbocycles. The zero-order chi connectivity index (χ0) is 17.8. The van der Waals surface area contributed by atoms with Crippen molar-refractivity contribution in [2.75, 3.05) is 31.9 Å². The normalized spacial score (nSPS) is 13.2. The van der Waals surface area contributed by atoms with Gasteiger partial charge in [-0.25, -0.2) is 13.1 Å². The molecule has 0 aromatic carbocycles. The maximum Gasteiger partial charge on any atom is 0.211 e. The molecular weight excluding hydrogens is 471 g/mol. The second kappa shape index (κ2) is 13.8. The largest absolute Gasteiger partial charge is 0.357 e. The molecule has 0 aliphatic heterocycles. The highest BCUT2D eigenvalue weighted by atomic mass is 127. The van der Waals surface area contributed by atoms with Gasteiger partial charge in [0.15, 0.2) is 5.96 Å². The molecule has 1 atom stereocenters. The van der Waals surface area contributed by atoms with Gasteiger partial charge in [0.25, 0.3) is 0 Å². The van der Waals surface area contributed by atoms with Crippen molar-refractivity contribution in [1.82, 2.24) is 15.4 Å². The Morgan fingerprint density at radius 2 is 2.04 bits per heavy atom. The lowest BCUT2D eigenvalue weighted by molar-refractivity contribution is 0.578. The maximum atomic E-state index is 11.3. The number of sulfonamides is 1. The van der Waals surface area contributed by atoms with Gasteiger partial charge in [-0.15, -0.1) is 35.3 Å². The summed E-state index contributed by atoms with van der Waals surface area (Å²) in [6, 6.07) is 4.24. The molecule has 146 valence electrons. The molecule has 1 unspecified atom stereocenters. The van der Waals surface area contributed by atoms with Crippen LogP contribution in [0.2, 0.25) is 0 Å². The summed E-state index contributed by atoms with van der Waals surface area (Å²) in [6.07, 6.45) is 1.76. The summed E-state index contributed by atoms with van der Waals surface area (Å²) in [5.74, 6) is 1.39. The number of rotatable bonds is 11. The fourth-order valence-corrected chi connectivity index (χ4v) is 3.58. The Hall–Kier alpha value is -0.390. The second-order valence-electron chi connectivity index (χ2n) is 5.69. The Labute approximate surface area is 173 Å².